The quantitative estimate of drug-likeness (QED) is 0.150. The summed E-state index contributed by atoms with van der Waals surface area (Å²) in [6.07, 6.45) is 3.42. The molecule has 0 aliphatic carbocycles. The zero-order chi connectivity index (χ0) is 37.3. The summed E-state index contributed by atoms with van der Waals surface area (Å²) in [6, 6.07) is 14.8. The maximum Gasteiger partial charge on any atom is 0.352 e. The van der Waals surface area contributed by atoms with Crippen LogP contribution in [0.4, 0.5) is 0 Å². The lowest BCUT2D eigenvalue weighted by atomic mass is 9.82. The van der Waals surface area contributed by atoms with Crippen LogP contribution in [0.15, 0.2) is 42.5 Å². The van der Waals surface area contributed by atoms with Gasteiger partial charge in [0.1, 0.15) is 11.4 Å². The van der Waals surface area contributed by atoms with Crippen molar-refractivity contribution in [1.82, 2.24) is 18.9 Å². The summed E-state index contributed by atoms with van der Waals surface area (Å²) in [5.41, 5.74) is 13.8. The molecule has 2 atom stereocenters. The van der Waals surface area contributed by atoms with Crippen LogP contribution >= 0.6 is 23.2 Å². The molecular weight excluding hydrogens is 691 g/mol. The highest BCUT2D eigenvalue weighted by molar-refractivity contribution is 6.35. The summed E-state index contributed by atoms with van der Waals surface area (Å²) in [5.74, 6) is 0.431. The molecule has 0 saturated carbocycles. The number of carboxylic acids is 1. The number of hydrogen-bond donors (Lipinski definition) is 1. The van der Waals surface area contributed by atoms with E-state index in [1.54, 1.807) is 0 Å². The number of hydrogen-bond acceptors (Lipinski definition) is 3. The van der Waals surface area contributed by atoms with Gasteiger partial charge in [0, 0.05) is 58.4 Å². The number of carboxylic acid groups (broad SMARTS) is 1. The van der Waals surface area contributed by atoms with E-state index in [9.17, 15) is 9.90 Å². The lowest BCUT2D eigenvalue weighted by molar-refractivity contribution is 0.0687. The Morgan fingerprint density at radius 2 is 1.71 bits per heavy atom. The van der Waals surface area contributed by atoms with E-state index in [1.807, 2.05) is 61.5 Å². The number of carbonyl (C=O) groups is 1. The first-order valence-corrected chi connectivity index (χ1v) is 19.0. The van der Waals surface area contributed by atoms with Gasteiger partial charge in [-0.1, -0.05) is 49.2 Å². The van der Waals surface area contributed by atoms with Crippen LogP contribution in [0.1, 0.15) is 107 Å². The van der Waals surface area contributed by atoms with E-state index in [1.165, 1.54) is 33.3 Å². The minimum absolute atomic E-state index is 0.160. The first-order chi connectivity index (χ1) is 24.7. The number of rotatable bonds is 9. The van der Waals surface area contributed by atoms with Crippen molar-refractivity contribution in [1.29, 1.82) is 0 Å². The summed E-state index contributed by atoms with van der Waals surface area (Å²) in [5, 5.41) is 18.6. The molecule has 1 aliphatic heterocycles. The second-order valence-electron chi connectivity index (χ2n) is 15.2. The molecule has 0 saturated heterocycles. The lowest BCUT2D eigenvalue weighted by Crippen LogP contribution is -2.23. The van der Waals surface area contributed by atoms with Crippen LogP contribution in [0.2, 0.25) is 10.0 Å². The van der Waals surface area contributed by atoms with Crippen molar-refractivity contribution in [3.63, 3.8) is 0 Å². The number of aromatic carboxylic acids is 1. The van der Waals surface area contributed by atoms with Crippen molar-refractivity contribution >= 4 is 51.0 Å². The van der Waals surface area contributed by atoms with Crippen LogP contribution in [0.3, 0.4) is 0 Å². The number of halogens is 2. The molecule has 0 fully saturated rings. The number of benzene rings is 3. The molecule has 3 aromatic heterocycles. The number of ether oxygens (including phenoxy) is 1. The lowest BCUT2D eigenvalue weighted by Gasteiger charge is -2.33. The van der Waals surface area contributed by atoms with Gasteiger partial charge in [0.2, 0.25) is 0 Å². The van der Waals surface area contributed by atoms with E-state index in [-0.39, 0.29) is 12.0 Å². The Bertz CT molecular complexity index is 2370. The third-order valence-corrected chi connectivity index (χ3v) is 12.3. The molecule has 1 N–H and O–H groups in total. The molecule has 0 amide bonds. The van der Waals surface area contributed by atoms with Crippen LogP contribution in [-0.4, -0.2) is 36.6 Å². The van der Waals surface area contributed by atoms with E-state index in [0.29, 0.717) is 18.2 Å². The molecule has 6 aromatic rings. The largest absolute Gasteiger partial charge is 0.494 e. The fraction of sp³-hybridized carbons (Fsp3) is 0.395. The predicted octanol–water partition coefficient (Wildman–Crippen LogP) is 11.2. The maximum atomic E-state index is 12.3. The summed E-state index contributed by atoms with van der Waals surface area (Å²) < 4.78 is 12.7. The summed E-state index contributed by atoms with van der Waals surface area (Å²) in [6.45, 7) is 15.5. The van der Waals surface area contributed by atoms with Crippen molar-refractivity contribution in [3.8, 4) is 16.9 Å². The van der Waals surface area contributed by atoms with Crippen molar-refractivity contribution in [3.05, 3.63) is 103 Å². The first-order valence-electron chi connectivity index (χ1n) is 18.3. The van der Waals surface area contributed by atoms with Gasteiger partial charge in [-0.15, -0.1) is 0 Å². The molecule has 1 aliphatic rings. The van der Waals surface area contributed by atoms with Gasteiger partial charge in [-0.3, -0.25) is 4.68 Å². The highest BCUT2D eigenvalue weighted by atomic mass is 35.5. The zero-order valence-electron chi connectivity index (χ0n) is 31.6. The number of aryl methyl sites for hydroxylation is 6. The molecule has 4 heterocycles. The normalized spacial score (nSPS) is 16.0. The second-order valence-corrected chi connectivity index (χ2v) is 16.0. The molecule has 9 heteroatoms. The summed E-state index contributed by atoms with van der Waals surface area (Å²) >= 11 is 13.6. The molecule has 0 bridgehead atoms. The molecule has 7 rings (SSSR count). The Morgan fingerprint density at radius 3 is 2.35 bits per heavy atom. The van der Waals surface area contributed by atoms with Gasteiger partial charge in [0.15, 0.2) is 0 Å². The molecule has 3 aromatic carbocycles. The highest BCUT2D eigenvalue weighted by Crippen LogP contribution is 2.48. The van der Waals surface area contributed by atoms with Gasteiger partial charge in [-0.2, -0.15) is 5.10 Å². The molecule has 0 radical (unpaired) electrons. The summed E-state index contributed by atoms with van der Waals surface area (Å²) in [4.78, 5) is 12.3. The minimum Gasteiger partial charge on any atom is -0.494 e. The molecule has 1 unspecified atom stereocenters. The number of fused-ring (bicyclic) bond motifs is 4. The van der Waals surface area contributed by atoms with E-state index in [0.717, 1.165) is 86.0 Å². The Labute approximate surface area is 316 Å². The van der Waals surface area contributed by atoms with E-state index >= 15 is 0 Å². The second kappa shape index (κ2) is 13.7. The van der Waals surface area contributed by atoms with Crippen LogP contribution in [-0.2, 0) is 26.9 Å². The molecule has 272 valence electrons. The van der Waals surface area contributed by atoms with Crippen LogP contribution in [0.25, 0.3) is 32.9 Å². The van der Waals surface area contributed by atoms with Gasteiger partial charge >= 0.3 is 5.97 Å². The topological polar surface area (TPSA) is 74.2 Å². The predicted molar refractivity (Wildman–Crippen MR) is 213 cm³/mol. The van der Waals surface area contributed by atoms with Gasteiger partial charge < -0.3 is 19.0 Å². The van der Waals surface area contributed by atoms with Gasteiger partial charge in [-0.05, 0) is 130 Å². The maximum absolute atomic E-state index is 12.3. The monoisotopic (exact) mass is 738 g/mol. The summed E-state index contributed by atoms with van der Waals surface area (Å²) in [7, 11) is 3.87. The first kappa shape index (κ1) is 36.2. The standard InChI is InChI=1S/C43H48Cl2N4O3/c1-22(2)28-18-30-21-37(43(50)51)47(8)41(30)34(19-28)29-17-25(5)49-36(20-29)32(11-10-14-52-31-15-23(3)40(45)24(4)16-31)33-12-13-35(44)39(42(33)49)38-26(6)46-48(9)27(38)7/h12-13,15-16,18-19,21-22,25,29H,10-11,14,17,20H2,1-9H3,(H,50,51)/t25-,29?/m1/s1. The van der Waals surface area contributed by atoms with E-state index in [2.05, 4.69) is 57.4 Å². The Hall–Kier alpha value is -4.20. The smallest absolute Gasteiger partial charge is 0.352 e. The Kier molecular flexibility index (Phi) is 9.50. The zero-order valence-corrected chi connectivity index (χ0v) is 33.1. The fourth-order valence-electron chi connectivity index (χ4n) is 8.77. The van der Waals surface area contributed by atoms with Crippen LogP contribution in [0, 0.1) is 27.7 Å². The molecule has 52 heavy (non-hydrogen) atoms. The van der Waals surface area contributed by atoms with Crippen LogP contribution < -0.4 is 4.74 Å². The highest BCUT2D eigenvalue weighted by Gasteiger charge is 2.34. The molecule has 0 spiro atoms. The van der Waals surface area contributed by atoms with Gasteiger partial charge in [-0.25, -0.2) is 4.79 Å². The van der Waals surface area contributed by atoms with Crippen molar-refractivity contribution < 1.29 is 14.6 Å². The Balaban J connectivity index is 1.38. The minimum atomic E-state index is -0.910. The van der Waals surface area contributed by atoms with Gasteiger partial charge in [0.05, 0.1) is 28.4 Å². The average Bonchev–Trinajstić information content (AvgIpc) is 3.69. The number of nitrogens with zero attached hydrogens (tertiary/aromatic N) is 4. The average molecular weight is 740 g/mol. The fourth-order valence-corrected chi connectivity index (χ4v) is 9.13. The van der Waals surface area contributed by atoms with Crippen molar-refractivity contribution in [2.24, 2.45) is 14.1 Å². The third kappa shape index (κ3) is 6.00. The SMILES string of the molecule is Cc1cc(OCCCc2c3n(c4c(-c5c(C)nn(C)c5C)c(Cl)ccc24)[C@H](C)CC(c2cc(C(C)C)cc4cc(C(=O)O)n(C)c24)C3)cc(C)c1Cl. The van der Waals surface area contributed by atoms with Crippen molar-refractivity contribution in [2.45, 2.75) is 92.0 Å². The Morgan fingerprint density at radius 1 is 1.00 bits per heavy atom. The number of aromatic nitrogens is 4. The third-order valence-electron chi connectivity index (χ3n) is 11.4. The van der Waals surface area contributed by atoms with E-state index in [4.69, 9.17) is 33.0 Å². The van der Waals surface area contributed by atoms with Gasteiger partial charge in [0.25, 0.3) is 0 Å². The molecular formula is C43H48Cl2N4O3. The van der Waals surface area contributed by atoms with Crippen LogP contribution in [0.5, 0.6) is 5.75 Å². The van der Waals surface area contributed by atoms with Crippen molar-refractivity contribution in [2.75, 3.05) is 6.61 Å². The van der Waals surface area contributed by atoms with E-state index < -0.39 is 5.97 Å². The molecule has 7 nitrogen and oxygen atoms in total.